The Hall–Kier alpha value is -4.97. The summed E-state index contributed by atoms with van der Waals surface area (Å²) in [7, 11) is 1.91. The fourth-order valence-electron chi connectivity index (χ4n) is 6.15. The third-order valence-electron chi connectivity index (χ3n) is 8.69. The van der Waals surface area contributed by atoms with Crippen LogP contribution in [0.5, 0.6) is 0 Å². The smallest absolute Gasteiger partial charge is 0.239 e. The molecule has 2 aliphatic rings. The summed E-state index contributed by atoms with van der Waals surface area (Å²) in [6.45, 7) is 4.91. The molecule has 0 radical (unpaired) electrons. The summed E-state index contributed by atoms with van der Waals surface area (Å²) in [6, 6.07) is 11.9. The Kier molecular flexibility index (Phi) is 8.27. The van der Waals surface area contributed by atoms with Crippen LogP contribution in [0.15, 0.2) is 55.0 Å². The van der Waals surface area contributed by atoms with Crippen LogP contribution >= 0.6 is 11.3 Å². The molecule has 2 N–H and O–H groups in total. The number of hydrogen-bond donors (Lipinski definition) is 2. The number of aliphatic hydroxyl groups excluding tert-OH is 1. The van der Waals surface area contributed by atoms with Gasteiger partial charge in [0.25, 0.3) is 0 Å². The number of nitrogens with zero attached hydrogens (tertiary/aromatic N) is 9. The van der Waals surface area contributed by atoms with Crippen LogP contribution in [-0.4, -0.2) is 92.2 Å². The number of fused-ring (bicyclic) bond motifs is 1. The number of amides is 1. The first-order valence-corrected chi connectivity index (χ1v) is 16.3. The van der Waals surface area contributed by atoms with E-state index in [0.717, 1.165) is 28.3 Å². The molecule has 0 bridgehead atoms. The molecule has 2 aliphatic heterocycles. The standard InChI is InChI=1S/C33H33FN10O2S/c1-3-25-30(41(2)33-40-29(27(15-35)47-33)20-4-7-23(34)8-5-20)44-19-21(6-9-28(44)39-25)22-16-37-32(38-17-22)43-12-10-42(11-13-43)31(46)26-14-24(45)18-36-26/h4-9,16-17,19,24,26,36,45H,3,10-14,18H2,1-2H3/t24-,26+/m1/s1. The van der Waals surface area contributed by atoms with Gasteiger partial charge in [0, 0.05) is 75.1 Å². The number of imidazole rings is 1. The minimum Gasteiger partial charge on any atom is -0.392 e. The molecule has 47 heavy (non-hydrogen) atoms. The summed E-state index contributed by atoms with van der Waals surface area (Å²) in [5, 5.41) is 23.3. The number of aromatic nitrogens is 5. The number of piperazine rings is 1. The normalized spacial score (nSPS) is 18.1. The number of carbonyl (C=O) groups excluding carboxylic acids is 1. The van der Waals surface area contributed by atoms with E-state index in [-0.39, 0.29) is 17.8 Å². The minimum atomic E-state index is -0.467. The Bertz CT molecular complexity index is 1960. The number of thiazole rings is 1. The highest BCUT2D eigenvalue weighted by molar-refractivity contribution is 7.16. The van der Waals surface area contributed by atoms with E-state index in [0.29, 0.717) is 72.8 Å². The molecule has 2 atom stereocenters. The second-order valence-electron chi connectivity index (χ2n) is 11.7. The lowest BCUT2D eigenvalue weighted by molar-refractivity contribution is -0.133. The molecule has 2 fully saturated rings. The Morgan fingerprint density at radius 3 is 2.47 bits per heavy atom. The van der Waals surface area contributed by atoms with E-state index >= 15 is 0 Å². The number of β-amino-alcohol motifs (C(OH)–C–C–N with tert-alkyl or cyclic N) is 1. The Morgan fingerprint density at radius 1 is 1.09 bits per heavy atom. The largest absolute Gasteiger partial charge is 0.392 e. The first-order chi connectivity index (χ1) is 22.8. The zero-order valence-corrected chi connectivity index (χ0v) is 26.8. The van der Waals surface area contributed by atoms with Crippen molar-refractivity contribution in [3.8, 4) is 28.5 Å². The maximum Gasteiger partial charge on any atom is 0.239 e. The average molecular weight is 653 g/mol. The monoisotopic (exact) mass is 652 g/mol. The number of halogens is 1. The van der Waals surface area contributed by atoms with Gasteiger partial charge >= 0.3 is 0 Å². The first-order valence-electron chi connectivity index (χ1n) is 15.5. The fourth-order valence-corrected chi connectivity index (χ4v) is 7.00. The SMILES string of the molecule is CCc1nc2ccc(-c3cnc(N4CCN(C(=O)[C@@H]5C[C@@H](O)CN5)CC4)nc3)cn2c1N(C)c1nc(-c2ccc(F)cc2)c(C#N)s1. The number of benzene rings is 1. The van der Waals surface area contributed by atoms with Gasteiger partial charge in [0.05, 0.1) is 17.8 Å². The molecule has 240 valence electrons. The van der Waals surface area contributed by atoms with E-state index in [1.54, 1.807) is 24.5 Å². The summed E-state index contributed by atoms with van der Waals surface area (Å²) in [5.74, 6) is 1.14. The zero-order chi connectivity index (χ0) is 32.7. The second-order valence-corrected chi connectivity index (χ2v) is 12.6. The van der Waals surface area contributed by atoms with Gasteiger partial charge in [0.1, 0.15) is 33.9 Å². The predicted molar refractivity (Wildman–Crippen MR) is 177 cm³/mol. The lowest BCUT2D eigenvalue weighted by Gasteiger charge is -2.35. The van der Waals surface area contributed by atoms with Crippen LogP contribution in [0.4, 0.5) is 21.3 Å². The van der Waals surface area contributed by atoms with Gasteiger partial charge in [-0.05, 0) is 49.2 Å². The third kappa shape index (κ3) is 5.89. The van der Waals surface area contributed by atoms with Crippen molar-refractivity contribution in [1.29, 1.82) is 5.26 Å². The Morgan fingerprint density at radius 2 is 1.81 bits per heavy atom. The van der Waals surface area contributed by atoms with Crippen molar-refractivity contribution in [2.24, 2.45) is 0 Å². The number of nitrogens with one attached hydrogen (secondary N) is 1. The number of pyridine rings is 1. The zero-order valence-electron chi connectivity index (χ0n) is 26.0. The van der Waals surface area contributed by atoms with Gasteiger partial charge in [0.2, 0.25) is 11.9 Å². The number of rotatable bonds is 7. The van der Waals surface area contributed by atoms with E-state index in [1.807, 2.05) is 46.5 Å². The molecule has 1 aromatic carbocycles. The van der Waals surface area contributed by atoms with Crippen molar-refractivity contribution in [2.45, 2.75) is 31.9 Å². The minimum absolute atomic E-state index is 0.0392. The highest BCUT2D eigenvalue weighted by Crippen LogP contribution is 2.37. The number of hydrogen-bond acceptors (Lipinski definition) is 11. The fraction of sp³-hybridized carbons (Fsp3) is 0.333. The molecule has 0 saturated carbocycles. The topological polar surface area (TPSA) is 139 Å². The molecular weight excluding hydrogens is 619 g/mol. The average Bonchev–Trinajstić information content (AvgIpc) is 3.84. The van der Waals surface area contributed by atoms with E-state index in [2.05, 4.69) is 26.3 Å². The van der Waals surface area contributed by atoms with Crippen LogP contribution in [0, 0.1) is 17.1 Å². The van der Waals surface area contributed by atoms with Crippen molar-refractivity contribution in [3.63, 3.8) is 0 Å². The summed E-state index contributed by atoms with van der Waals surface area (Å²) in [6.07, 6.45) is 6.29. The highest BCUT2D eigenvalue weighted by atomic mass is 32.1. The van der Waals surface area contributed by atoms with Gasteiger partial charge < -0.3 is 25.1 Å². The maximum absolute atomic E-state index is 13.6. The molecule has 14 heteroatoms. The summed E-state index contributed by atoms with van der Waals surface area (Å²) < 4.78 is 15.6. The first kappa shape index (κ1) is 30.7. The van der Waals surface area contributed by atoms with Crippen LogP contribution in [0.1, 0.15) is 23.9 Å². The molecule has 7 rings (SSSR count). The summed E-state index contributed by atoms with van der Waals surface area (Å²) in [4.78, 5) is 38.1. The van der Waals surface area contributed by atoms with Crippen molar-refractivity contribution in [1.82, 2.24) is 34.6 Å². The predicted octanol–water partition coefficient (Wildman–Crippen LogP) is 3.63. The number of aliphatic hydroxyl groups is 1. The number of aryl methyl sites for hydroxylation is 1. The Labute approximate surface area is 274 Å². The van der Waals surface area contributed by atoms with Gasteiger partial charge in [-0.25, -0.2) is 24.3 Å². The van der Waals surface area contributed by atoms with Gasteiger partial charge in [0.15, 0.2) is 5.13 Å². The highest BCUT2D eigenvalue weighted by Gasteiger charge is 2.33. The van der Waals surface area contributed by atoms with Gasteiger partial charge in [-0.3, -0.25) is 9.20 Å². The van der Waals surface area contributed by atoms with Gasteiger partial charge in [-0.1, -0.05) is 18.3 Å². The van der Waals surface area contributed by atoms with E-state index in [4.69, 9.17) is 9.97 Å². The molecule has 2 saturated heterocycles. The van der Waals surface area contributed by atoms with E-state index in [1.165, 1.54) is 23.5 Å². The van der Waals surface area contributed by atoms with Crippen LogP contribution < -0.4 is 15.1 Å². The Balaban J connectivity index is 1.11. The molecule has 1 amide bonds. The van der Waals surface area contributed by atoms with Crippen LogP contribution in [0.25, 0.3) is 28.0 Å². The molecule has 0 aliphatic carbocycles. The number of nitriles is 1. The van der Waals surface area contributed by atoms with Crippen molar-refractivity contribution in [2.75, 3.05) is 49.6 Å². The second kappa shape index (κ2) is 12.7. The molecular formula is C33H33FN10O2S. The van der Waals surface area contributed by atoms with E-state index < -0.39 is 6.10 Å². The van der Waals surface area contributed by atoms with Gasteiger partial charge in [-0.15, -0.1) is 0 Å². The molecule has 0 unspecified atom stereocenters. The third-order valence-corrected chi connectivity index (χ3v) is 9.73. The maximum atomic E-state index is 13.6. The van der Waals surface area contributed by atoms with Crippen molar-refractivity contribution >= 4 is 39.8 Å². The summed E-state index contributed by atoms with van der Waals surface area (Å²) in [5.41, 5.74) is 4.60. The van der Waals surface area contributed by atoms with Crippen molar-refractivity contribution in [3.05, 3.63) is 71.4 Å². The van der Waals surface area contributed by atoms with Gasteiger partial charge in [-0.2, -0.15) is 5.26 Å². The number of anilines is 3. The molecule has 4 aromatic heterocycles. The molecule has 5 aromatic rings. The summed E-state index contributed by atoms with van der Waals surface area (Å²) >= 11 is 1.28. The van der Waals surface area contributed by atoms with E-state index in [9.17, 15) is 19.6 Å². The lowest BCUT2D eigenvalue weighted by Crippen LogP contribution is -2.53. The van der Waals surface area contributed by atoms with Crippen LogP contribution in [0.3, 0.4) is 0 Å². The molecule has 0 spiro atoms. The quantitative estimate of drug-likeness (QED) is 0.268. The molecule has 6 heterocycles. The van der Waals surface area contributed by atoms with Crippen LogP contribution in [-0.2, 0) is 11.2 Å². The molecule has 12 nitrogen and oxygen atoms in total. The van der Waals surface area contributed by atoms with Crippen LogP contribution in [0.2, 0.25) is 0 Å². The van der Waals surface area contributed by atoms with Crippen molar-refractivity contribution < 1.29 is 14.3 Å². The number of carbonyl (C=O) groups is 1. The lowest BCUT2D eigenvalue weighted by atomic mass is 10.1.